The average Bonchev–Trinajstić information content (AvgIpc) is 2.59. The third kappa shape index (κ3) is 4.25. The van der Waals surface area contributed by atoms with Gasteiger partial charge >= 0.3 is 0 Å². The van der Waals surface area contributed by atoms with Crippen LogP contribution in [-0.2, 0) is 12.8 Å². The van der Waals surface area contributed by atoms with E-state index in [1.807, 2.05) is 0 Å². The molecule has 23 heavy (non-hydrogen) atoms. The third-order valence-electron chi connectivity index (χ3n) is 4.00. The van der Waals surface area contributed by atoms with Crippen molar-refractivity contribution < 1.29 is 0 Å². The van der Waals surface area contributed by atoms with Crippen LogP contribution in [-0.4, -0.2) is 15.0 Å². The van der Waals surface area contributed by atoms with Gasteiger partial charge < -0.3 is 4.98 Å². The van der Waals surface area contributed by atoms with Crippen LogP contribution >= 0.6 is 0 Å². The lowest BCUT2D eigenvalue weighted by Gasteiger charge is -2.03. The number of pyridine rings is 1. The zero-order valence-corrected chi connectivity index (χ0v) is 13.2. The highest BCUT2D eigenvalue weighted by Gasteiger charge is 2.04. The molecule has 4 heteroatoms. The number of unbranched alkanes of at least 4 members (excludes halogenated alkanes) is 3. The lowest BCUT2D eigenvalue weighted by Crippen LogP contribution is -2.12. The first-order chi connectivity index (χ1) is 11.3. The molecule has 3 rings (SSSR count). The molecule has 1 N–H and O–H groups in total. The van der Waals surface area contributed by atoms with Crippen LogP contribution in [0.25, 0.3) is 11.0 Å². The van der Waals surface area contributed by atoms with E-state index in [0.29, 0.717) is 11.0 Å². The first-order valence-electron chi connectivity index (χ1n) is 8.21. The van der Waals surface area contributed by atoms with Crippen molar-refractivity contribution in [1.29, 1.82) is 0 Å². The van der Waals surface area contributed by atoms with Crippen molar-refractivity contribution in [2.75, 3.05) is 0 Å². The van der Waals surface area contributed by atoms with Gasteiger partial charge in [-0.3, -0.25) is 4.79 Å². The van der Waals surface area contributed by atoms with E-state index in [1.165, 1.54) is 18.4 Å². The number of fused-ring (bicyclic) bond motifs is 1. The van der Waals surface area contributed by atoms with Gasteiger partial charge in [-0.15, -0.1) is 0 Å². The number of H-pyrrole nitrogens is 1. The number of aromatic amines is 1. The molecule has 0 aliphatic carbocycles. The molecule has 2 aromatic heterocycles. The maximum absolute atomic E-state index is 12.0. The molecule has 0 amide bonds. The van der Waals surface area contributed by atoms with Crippen molar-refractivity contribution >= 4 is 11.0 Å². The molecule has 0 unspecified atom stereocenters. The minimum Gasteiger partial charge on any atom is -0.310 e. The Morgan fingerprint density at radius 1 is 0.870 bits per heavy atom. The van der Waals surface area contributed by atoms with Crippen LogP contribution in [0.2, 0.25) is 0 Å². The third-order valence-corrected chi connectivity index (χ3v) is 4.00. The van der Waals surface area contributed by atoms with Crippen molar-refractivity contribution in [2.24, 2.45) is 0 Å². The Balaban J connectivity index is 1.45. The normalized spacial score (nSPS) is 11.0. The molecular formula is C19H21N3O. The van der Waals surface area contributed by atoms with Crippen LogP contribution in [0.4, 0.5) is 0 Å². The van der Waals surface area contributed by atoms with Gasteiger partial charge in [0.2, 0.25) is 0 Å². The van der Waals surface area contributed by atoms with E-state index in [-0.39, 0.29) is 5.56 Å². The van der Waals surface area contributed by atoms with E-state index < -0.39 is 0 Å². The summed E-state index contributed by atoms with van der Waals surface area (Å²) in [5.74, 6) is 0.740. The van der Waals surface area contributed by atoms with Gasteiger partial charge in [0.25, 0.3) is 5.56 Å². The number of aromatic nitrogens is 3. The van der Waals surface area contributed by atoms with E-state index in [9.17, 15) is 4.79 Å². The molecule has 0 saturated heterocycles. The van der Waals surface area contributed by atoms with Crippen molar-refractivity contribution in [2.45, 2.75) is 38.5 Å². The molecule has 0 aliphatic heterocycles. The summed E-state index contributed by atoms with van der Waals surface area (Å²) in [7, 11) is 0. The molecule has 0 spiro atoms. The number of hydrogen-bond donors (Lipinski definition) is 1. The van der Waals surface area contributed by atoms with Crippen LogP contribution in [0.1, 0.15) is 37.1 Å². The topological polar surface area (TPSA) is 58.6 Å². The zero-order valence-electron chi connectivity index (χ0n) is 13.2. The quantitative estimate of drug-likeness (QED) is 0.678. The molecule has 4 nitrogen and oxygen atoms in total. The van der Waals surface area contributed by atoms with Crippen LogP contribution in [0.3, 0.4) is 0 Å². The summed E-state index contributed by atoms with van der Waals surface area (Å²) in [6.45, 7) is 0. The summed E-state index contributed by atoms with van der Waals surface area (Å²) < 4.78 is 0. The number of nitrogens with one attached hydrogen (secondary N) is 1. The summed E-state index contributed by atoms with van der Waals surface area (Å²) in [6.07, 6.45) is 8.19. The maximum atomic E-state index is 12.0. The monoisotopic (exact) mass is 307 g/mol. The number of nitrogens with zero attached hydrogens (tertiary/aromatic N) is 2. The Morgan fingerprint density at radius 3 is 2.48 bits per heavy atom. The van der Waals surface area contributed by atoms with E-state index in [4.69, 9.17) is 0 Å². The van der Waals surface area contributed by atoms with Gasteiger partial charge in [-0.25, -0.2) is 9.97 Å². The van der Waals surface area contributed by atoms with E-state index >= 15 is 0 Å². The van der Waals surface area contributed by atoms with Crippen molar-refractivity contribution in [3.8, 4) is 0 Å². The standard InChI is InChI=1S/C19H21N3O/c23-19-16-12-8-14-20-18(16)21-17(22-19)13-7-2-1-4-9-15-10-5-3-6-11-15/h3,5-6,8,10-12,14H,1-2,4,7,9,13H2,(H,20,21,22,23). The van der Waals surface area contributed by atoms with Crippen molar-refractivity contribution in [3.05, 3.63) is 70.4 Å². The summed E-state index contributed by atoms with van der Waals surface area (Å²) >= 11 is 0. The number of rotatable bonds is 7. The molecule has 0 atom stereocenters. The molecule has 0 fully saturated rings. The SMILES string of the molecule is O=c1[nH]c(CCCCCCc2ccccc2)nc2ncccc12. The molecule has 0 radical (unpaired) electrons. The molecule has 0 saturated carbocycles. The first kappa shape index (κ1) is 15.4. The second-order valence-corrected chi connectivity index (χ2v) is 5.79. The fourth-order valence-corrected chi connectivity index (χ4v) is 2.76. The summed E-state index contributed by atoms with van der Waals surface area (Å²) in [4.78, 5) is 23.4. The number of benzene rings is 1. The molecule has 118 valence electrons. The summed E-state index contributed by atoms with van der Waals surface area (Å²) in [6, 6.07) is 14.1. The Morgan fingerprint density at radius 2 is 1.65 bits per heavy atom. The van der Waals surface area contributed by atoms with Crippen LogP contribution in [0.15, 0.2) is 53.5 Å². The zero-order chi connectivity index (χ0) is 15.9. The predicted octanol–water partition coefficient (Wildman–Crippen LogP) is 3.66. The average molecular weight is 307 g/mol. The molecule has 0 bridgehead atoms. The van der Waals surface area contributed by atoms with Gasteiger partial charge in [-0.05, 0) is 37.0 Å². The number of aryl methyl sites for hydroxylation is 2. The summed E-state index contributed by atoms with van der Waals surface area (Å²) in [5.41, 5.74) is 1.84. The molecule has 2 heterocycles. The van der Waals surface area contributed by atoms with Crippen molar-refractivity contribution in [1.82, 2.24) is 15.0 Å². The van der Waals surface area contributed by atoms with Crippen LogP contribution < -0.4 is 5.56 Å². The molecular weight excluding hydrogens is 286 g/mol. The highest BCUT2D eigenvalue weighted by atomic mass is 16.1. The highest BCUT2D eigenvalue weighted by molar-refractivity contribution is 5.72. The van der Waals surface area contributed by atoms with Gasteiger partial charge in [0.05, 0.1) is 5.39 Å². The Labute approximate surface area is 135 Å². The van der Waals surface area contributed by atoms with E-state index in [2.05, 4.69) is 45.3 Å². The lowest BCUT2D eigenvalue weighted by atomic mass is 10.1. The lowest BCUT2D eigenvalue weighted by molar-refractivity contribution is 0.630. The number of hydrogen-bond acceptors (Lipinski definition) is 3. The highest BCUT2D eigenvalue weighted by Crippen LogP contribution is 2.10. The first-order valence-corrected chi connectivity index (χ1v) is 8.21. The Bertz CT molecular complexity index is 811. The predicted molar refractivity (Wildman–Crippen MR) is 92.5 cm³/mol. The minimum absolute atomic E-state index is 0.0952. The molecule has 3 aromatic rings. The van der Waals surface area contributed by atoms with E-state index in [0.717, 1.165) is 31.5 Å². The largest absolute Gasteiger partial charge is 0.310 e. The second kappa shape index (κ2) is 7.68. The van der Waals surface area contributed by atoms with Crippen molar-refractivity contribution in [3.63, 3.8) is 0 Å². The minimum atomic E-state index is -0.0952. The Hall–Kier alpha value is -2.49. The van der Waals surface area contributed by atoms with Gasteiger partial charge in [-0.2, -0.15) is 0 Å². The second-order valence-electron chi connectivity index (χ2n) is 5.79. The fourth-order valence-electron chi connectivity index (χ4n) is 2.76. The smallest absolute Gasteiger partial charge is 0.260 e. The van der Waals surface area contributed by atoms with Crippen LogP contribution in [0.5, 0.6) is 0 Å². The molecule has 0 aliphatic rings. The van der Waals surface area contributed by atoms with Gasteiger partial charge in [0.15, 0.2) is 5.65 Å². The summed E-state index contributed by atoms with van der Waals surface area (Å²) in [5, 5.41) is 0.555. The van der Waals surface area contributed by atoms with Gasteiger partial charge in [0.1, 0.15) is 5.82 Å². The van der Waals surface area contributed by atoms with Gasteiger partial charge in [0, 0.05) is 12.6 Å². The fraction of sp³-hybridized carbons (Fsp3) is 0.316. The Kier molecular flexibility index (Phi) is 5.14. The van der Waals surface area contributed by atoms with Gasteiger partial charge in [-0.1, -0.05) is 43.2 Å². The maximum Gasteiger partial charge on any atom is 0.260 e. The van der Waals surface area contributed by atoms with Crippen LogP contribution in [0, 0.1) is 0 Å². The van der Waals surface area contributed by atoms with E-state index in [1.54, 1.807) is 18.3 Å². The molecule has 1 aromatic carbocycles.